The molecule has 0 amide bonds. The molecule has 0 atom stereocenters. The molecule has 1 aromatic rings. The molecule has 0 radical (unpaired) electrons. The molecule has 0 saturated carbocycles. The highest BCUT2D eigenvalue weighted by Gasteiger charge is 1.93. The van der Waals surface area contributed by atoms with Crippen LogP contribution in [-0.4, -0.2) is 19.5 Å². The van der Waals surface area contributed by atoms with Gasteiger partial charge in [0.15, 0.2) is 0 Å². The lowest BCUT2D eigenvalue weighted by molar-refractivity contribution is 0.218. The van der Waals surface area contributed by atoms with Gasteiger partial charge in [0.25, 0.3) is 0 Å². The molecule has 0 fully saturated rings. The fourth-order valence-corrected chi connectivity index (χ4v) is 2.11. The van der Waals surface area contributed by atoms with Crippen LogP contribution in [0.3, 0.4) is 0 Å². The Bertz CT molecular complexity index is 235. The number of hydrogen-bond donors (Lipinski definition) is 0. The van der Waals surface area contributed by atoms with Crippen molar-refractivity contribution in [3.05, 3.63) is 29.8 Å². The van der Waals surface area contributed by atoms with Crippen molar-refractivity contribution >= 4 is 27.7 Å². The number of ether oxygens (including phenoxy) is 1. The van der Waals surface area contributed by atoms with Crippen molar-refractivity contribution in [2.24, 2.45) is 0 Å². The summed E-state index contributed by atoms with van der Waals surface area (Å²) in [5.74, 6) is 1.02. The highest BCUT2D eigenvalue weighted by Crippen LogP contribution is 2.18. The molecule has 0 aliphatic rings. The normalized spacial score (nSPS) is 10.3. The van der Waals surface area contributed by atoms with Gasteiger partial charge in [0.05, 0.1) is 6.61 Å². The molecule has 0 bridgehead atoms. The van der Waals surface area contributed by atoms with E-state index >= 15 is 0 Å². The van der Waals surface area contributed by atoms with Crippen LogP contribution in [0.25, 0.3) is 0 Å². The Morgan fingerprint density at radius 2 is 2.00 bits per heavy atom. The summed E-state index contributed by atoms with van der Waals surface area (Å²) in [6.45, 7) is 0.810. The summed E-state index contributed by atoms with van der Waals surface area (Å²) in [6, 6.07) is 8.58. The number of methoxy groups -OCH3 is 1. The molecule has 1 aromatic carbocycles. The fourth-order valence-electron chi connectivity index (χ4n) is 0.918. The van der Waals surface area contributed by atoms with E-state index in [9.17, 15) is 0 Å². The van der Waals surface area contributed by atoms with E-state index in [0.29, 0.717) is 0 Å². The summed E-state index contributed by atoms with van der Waals surface area (Å²) in [5, 5.41) is 0.927. The van der Waals surface area contributed by atoms with E-state index in [1.807, 2.05) is 11.8 Å². The minimum atomic E-state index is 0.810. The zero-order valence-corrected chi connectivity index (χ0v) is 10.0. The molecular formula is C10H13BrOS. The van der Waals surface area contributed by atoms with Crippen LogP contribution in [0, 0.1) is 0 Å². The number of alkyl halides is 1. The molecule has 3 heteroatoms. The molecule has 0 N–H and O–H groups in total. The van der Waals surface area contributed by atoms with Crippen LogP contribution in [0.5, 0.6) is 0 Å². The van der Waals surface area contributed by atoms with Crippen molar-refractivity contribution in [2.75, 3.05) is 19.5 Å². The van der Waals surface area contributed by atoms with Gasteiger partial charge in [-0.2, -0.15) is 0 Å². The second-order valence-electron chi connectivity index (χ2n) is 2.62. The molecule has 0 heterocycles. The third kappa shape index (κ3) is 4.16. The van der Waals surface area contributed by atoms with Crippen molar-refractivity contribution in [1.82, 2.24) is 0 Å². The van der Waals surface area contributed by atoms with Gasteiger partial charge in [-0.05, 0) is 17.7 Å². The summed E-state index contributed by atoms with van der Waals surface area (Å²) in [6.07, 6.45) is 0. The molecule has 13 heavy (non-hydrogen) atoms. The van der Waals surface area contributed by atoms with E-state index in [4.69, 9.17) is 4.74 Å². The Morgan fingerprint density at radius 3 is 2.54 bits per heavy atom. The molecule has 0 saturated heterocycles. The van der Waals surface area contributed by atoms with Gasteiger partial charge >= 0.3 is 0 Å². The van der Waals surface area contributed by atoms with E-state index in [2.05, 4.69) is 40.2 Å². The topological polar surface area (TPSA) is 9.23 Å². The minimum Gasteiger partial charge on any atom is -0.384 e. The van der Waals surface area contributed by atoms with Crippen molar-refractivity contribution < 1.29 is 4.74 Å². The third-order valence-corrected chi connectivity index (χ3v) is 3.26. The van der Waals surface area contributed by atoms with Crippen molar-refractivity contribution in [1.29, 1.82) is 0 Å². The highest BCUT2D eigenvalue weighted by atomic mass is 79.9. The summed E-state index contributed by atoms with van der Waals surface area (Å²) in [4.78, 5) is 1.31. The van der Waals surface area contributed by atoms with E-state index < -0.39 is 0 Å². The van der Waals surface area contributed by atoms with Crippen molar-refractivity contribution in [3.63, 3.8) is 0 Å². The van der Waals surface area contributed by atoms with Crippen LogP contribution in [0.4, 0.5) is 0 Å². The monoisotopic (exact) mass is 260 g/mol. The number of halogens is 1. The Balaban J connectivity index is 2.40. The smallest absolute Gasteiger partial charge is 0.0556 e. The summed E-state index contributed by atoms with van der Waals surface area (Å²) in [7, 11) is 1.73. The molecule has 0 aromatic heterocycles. The zero-order chi connectivity index (χ0) is 9.52. The van der Waals surface area contributed by atoms with Gasteiger partial charge in [0.2, 0.25) is 0 Å². The lowest BCUT2D eigenvalue weighted by atomic mass is 10.2. The highest BCUT2D eigenvalue weighted by molar-refractivity contribution is 9.08. The standard InChI is InChI=1S/C10H13BrOS/c1-12-6-7-13-10-4-2-9(8-11)3-5-10/h2-5H,6-8H2,1H3. The van der Waals surface area contributed by atoms with Crippen LogP contribution >= 0.6 is 27.7 Å². The molecule has 1 nitrogen and oxygen atoms in total. The number of benzene rings is 1. The molecule has 1 rings (SSSR count). The number of rotatable bonds is 5. The molecular weight excluding hydrogens is 248 g/mol. The van der Waals surface area contributed by atoms with Crippen LogP contribution in [0.1, 0.15) is 5.56 Å². The van der Waals surface area contributed by atoms with Crippen LogP contribution in [-0.2, 0) is 10.1 Å². The SMILES string of the molecule is COCCSc1ccc(CBr)cc1. The summed E-state index contributed by atoms with van der Waals surface area (Å²) in [5.41, 5.74) is 1.32. The molecule has 0 unspecified atom stereocenters. The van der Waals surface area contributed by atoms with Crippen LogP contribution in [0.15, 0.2) is 29.2 Å². The van der Waals surface area contributed by atoms with Gasteiger partial charge in [-0.3, -0.25) is 0 Å². The zero-order valence-electron chi connectivity index (χ0n) is 7.63. The van der Waals surface area contributed by atoms with Gasteiger partial charge in [-0.25, -0.2) is 0 Å². The van der Waals surface area contributed by atoms with Gasteiger partial charge in [-0.1, -0.05) is 28.1 Å². The average Bonchev–Trinajstić information content (AvgIpc) is 2.19. The van der Waals surface area contributed by atoms with E-state index in [-0.39, 0.29) is 0 Å². The van der Waals surface area contributed by atoms with Gasteiger partial charge in [0.1, 0.15) is 0 Å². The quantitative estimate of drug-likeness (QED) is 0.457. The molecule has 72 valence electrons. The Morgan fingerprint density at radius 1 is 1.31 bits per heavy atom. The Hall–Kier alpha value is 0.01000. The average molecular weight is 261 g/mol. The maximum atomic E-state index is 4.98. The molecule has 0 aliphatic carbocycles. The predicted molar refractivity (Wildman–Crippen MR) is 61.7 cm³/mol. The molecule has 0 spiro atoms. The maximum Gasteiger partial charge on any atom is 0.0556 e. The number of hydrogen-bond acceptors (Lipinski definition) is 2. The van der Waals surface area contributed by atoms with E-state index in [1.54, 1.807) is 7.11 Å². The van der Waals surface area contributed by atoms with Crippen LogP contribution < -0.4 is 0 Å². The molecule has 0 aliphatic heterocycles. The Labute approximate surface area is 92.0 Å². The number of thioether (sulfide) groups is 1. The lowest BCUT2D eigenvalue weighted by Gasteiger charge is -2.01. The minimum absolute atomic E-state index is 0.810. The predicted octanol–water partition coefficient (Wildman–Crippen LogP) is 3.32. The first-order valence-electron chi connectivity index (χ1n) is 4.13. The van der Waals surface area contributed by atoms with Gasteiger partial charge in [0, 0.05) is 23.1 Å². The lowest BCUT2D eigenvalue weighted by Crippen LogP contribution is -1.90. The fraction of sp³-hybridized carbons (Fsp3) is 0.400. The second-order valence-corrected chi connectivity index (χ2v) is 4.35. The Kier molecular flexibility index (Phi) is 5.51. The van der Waals surface area contributed by atoms with Crippen molar-refractivity contribution in [3.8, 4) is 0 Å². The maximum absolute atomic E-state index is 4.98. The summed E-state index contributed by atoms with van der Waals surface area (Å²) < 4.78 is 4.98. The van der Waals surface area contributed by atoms with Crippen molar-refractivity contribution in [2.45, 2.75) is 10.2 Å². The first-order valence-corrected chi connectivity index (χ1v) is 6.24. The summed E-state index contributed by atoms with van der Waals surface area (Å²) >= 11 is 5.24. The largest absolute Gasteiger partial charge is 0.384 e. The third-order valence-electron chi connectivity index (χ3n) is 1.63. The first-order chi connectivity index (χ1) is 6.36. The van der Waals surface area contributed by atoms with E-state index in [1.165, 1.54) is 10.5 Å². The second kappa shape index (κ2) is 6.46. The van der Waals surface area contributed by atoms with Gasteiger partial charge in [-0.15, -0.1) is 11.8 Å². The van der Waals surface area contributed by atoms with Crippen LogP contribution in [0.2, 0.25) is 0 Å². The first kappa shape index (κ1) is 11.1. The van der Waals surface area contributed by atoms with Gasteiger partial charge < -0.3 is 4.74 Å². The van der Waals surface area contributed by atoms with E-state index in [0.717, 1.165) is 17.7 Å².